The number of hydrogen-bond donors (Lipinski definition) is 1. The Balaban J connectivity index is 2.07. The predicted octanol–water partition coefficient (Wildman–Crippen LogP) is 1.50. The lowest BCUT2D eigenvalue weighted by atomic mass is 9.77. The summed E-state index contributed by atoms with van der Waals surface area (Å²) < 4.78 is 1.99. The van der Waals surface area contributed by atoms with E-state index in [0.717, 1.165) is 31.6 Å². The van der Waals surface area contributed by atoms with Crippen LogP contribution < -0.4 is 0 Å². The fraction of sp³-hybridized carbons (Fsp3) is 0.692. The lowest BCUT2D eigenvalue weighted by molar-refractivity contribution is -0.153. The standard InChI is InChI=1S/C13H21N3O2/c1-3-13(12(17)18)5-4-6-16(9-13)8-11-7-14-10-15(11)2/h7,10H,3-6,8-9H2,1-2H3,(H,17,18)/t13-/m0/s1. The number of imidazole rings is 1. The summed E-state index contributed by atoms with van der Waals surface area (Å²) in [6.07, 6.45) is 6.08. The van der Waals surface area contributed by atoms with Crippen LogP contribution in [0.1, 0.15) is 31.9 Å². The summed E-state index contributed by atoms with van der Waals surface area (Å²) in [5.41, 5.74) is 0.573. The van der Waals surface area contributed by atoms with Gasteiger partial charge in [-0.1, -0.05) is 6.92 Å². The molecule has 0 spiro atoms. The van der Waals surface area contributed by atoms with Crippen LogP contribution in [0.2, 0.25) is 0 Å². The molecule has 2 rings (SSSR count). The molecule has 1 atom stereocenters. The number of nitrogens with zero attached hydrogens (tertiary/aromatic N) is 3. The second-order valence-electron chi connectivity index (χ2n) is 5.25. The average Bonchev–Trinajstić information content (AvgIpc) is 2.75. The number of hydrogen-bond acceptors (Lipinski definition) is 3. The van der Waals surface area contributed by atoms with Gasteiger partial charge in [0.1, 0.15) is 0 Å². The zero-order valence-corrected chi connectivity index (χ0v) is 11.1. The predicted molar refractivity (Wildman–Crippen MR) is 68.1 cm³/mol. The number of aliphatic carboxylic acids is 1. The van der Waals surface area contributed by atoms with Gasteiger partial charge in [0.25, 0.3) is 0 Å². The summed E-state index contributed by atoms with van der Waals surface area (Å²) >= 11 is 0. The minimum atomic E-state index is -0.653. The van der Waals surface area contributed by atoms with E-state index in [4.69, 9.17) is 0 Å². The van der Waals surface area contributed by atoms with Crippen LogP contribution in [0.5, 0.6) is 0 Å². The van der Waals surface area contributed by atoms with Crippen LogP contribution in [0.4, 0.5) is 0 Å². The zero-order chi connectivity index (χ0) is 13.2. The summed E-state index contributed by atoms with van der Waals surface area (Å²) in [6.45, 7) is 4.37. The minimum Gasteiger partial charge on any atom is -0.481 e. The molecular formula is C13H21N3O2. The molecule has 0 bridgehead atoms. The largest absolute Gasteiger partial charge is 0.481 e. The summed E-state index contributed by atoms with van der Waals surface area (Å²) in [4.78, 5) is 17.8. The molecule has 5 heteroatoms. The van der Waals surface area contributed by atoms with E-state index < -0.39 is 11.4 Å². The highest BCUT2D eigenvalue weighted by atomic mass is 16.4. The van der Waals surface area contributed by atoms with Gasteiger partial charge >= 0.3 is 5.97 Å². The van der Waals surface area contributed by atoms with E-state index in [9.17, 15) is 9.90 Å². The first kappa shape index (κ1) is 13.1. The molecule has 5 nitrogen and oxygen atoms in total. The van der Waals surface area contributed by atoms with Crippen LogP contribution in [-0.4, -0.2) is 38.6 Å². The maximum atomic E-state index is 11.5. The van der Waals surface area contributed by atoms with E-state index in [-0.39, 0.29) is 0 Å². The van der Waals surface area contributed by atoms with E-state index in [2.05, 4.69) is 9.88 Å². The molecule has 1 aliphatic heterocycles. The fourth-order valence-electron chi connectivity index (χ4n) is 2.74. The molecule has 1 saturated heterocycles. The Morgan fingerprint density at radius 2 is 2.39 bits per heavy atom. The third-order valence-electron chi connectivity index (χ3n) is 4.09. The third-order valence-corrected chi connectivity index (χ3v) is 4.09. The average molecular weight is 251 g/mol. The second kappa shape index (κ2) is 5.10. The molecule has 1 aromatic rings. The van der Waals surface area contributed by atoms with Crippen molar-refractivity contribution in [1.82, 2.24) is 14.5 Å². The zero-order valence-electron chi connectivity index (χ0n) is 11.1. The fourth-order valence-corrected chi connectivity index (χ4v) is 2.74. The molecule has 100 valence electrons. The highest BCUT2D eigenvalue weighted by Crippen LogP contribution is 2.34. The molecular weight excluding hydrogens is 230 g/mol. The summed E-state index contributed by atoms with van der Waals surface area (Å²) in [7, 11) is 1.97. The van der Waals surface area contributed by atoms with Gasteiger partial charge < -0.3 is 9.67 Å². The van der Waals surface area contributed by atoms with Crippen molar-refractivity contribution in [2.24, 2.45) is 12.5 Å². The highest BCUT2D eigenvalue weighted by Gasteiger charge is 2.40. The molecule has 1 fully saturated rings. The lowest BCUT2D eigenvalue weighted by Crippen LogP contribution is -2.47. The number of aromatic nitrogens is 2. The normalized spacial score (nSPS) is 25.2. The van der Waals surface area contributed by atoms with Crippen molar-refractivity contribution < 1.29 is 9.90 Å². The van der Waals surface area contributed by atoms with Gasteiger partial charge in [0.05, 0.1) is 17.4 Å². The summed E-state index contributed by atoms with van der Waals surface area (Å²) in [5, 5.41) is 9.44. The third kappa shape index (κ3) is 2.41. The Hall–Kier alpha value is -1.36. The molecule has 0 aliphatic carbocycles. The van der Waals surface area contributed by atoms with Crippen molar-refractivity contribution in [2.45, 2.75) is 32.7 Å². The van der Waals surface area contributed by atoms with Crippen molar-refractivity contribution in [1.29, 1.82) is 0 Å². The molecule has 2 heterocycles. The maximum absolute atomic E-state index is 11.5. The van der Waals surface area contributed by atoms with Gasteiger partial charge in [0, 0.05) is 26.3 Å². The van der Waals surface area contributed by atoms with Gasteiger partial charge in [0.15, 0.2) is 0 Å². The molecule has 0 amide bonds. The summed E-state index contributed by atoms with van der Waals surface area (Å²) in [5.74, 6) is -0.653. The van der Waals surface area contributed by atoms with E-state index in [1.54, 1.807) is 6.33 Å². The van der Waals surface area contributed by atoms with Crippen molar-refractivity contribution in [3.8, 4) is 0 Å². The molecule has 1 aliphatic rings. The van der Waals surface area contributed by atoms with Gasteiger partial charge in [-0.15, -0.1) is 0 Å². The van der Waals surface area contributed by atoms with Crippen LogP contribution >= 0.6 is 0 Å². The number of rotatable bonds is 4. The van der Waals surface area contributed by atoms with Gasteiger partial charge in [-0.3, -0.25) is 9.69 Å². The number of likely N-dealkylation sites (tertiary alicyclic amines) is 1. The van der Waals surface area contributed by atoms with Gasteiger partial charge in [-0.25, -0.2) is 4.98 Å². The molecule has 0 saturated carbocycles. The molecule has 18 heavy (non-hydrogen) atoms. The van der Waals surface area contributed by atoms with Crippen molar-refractivity contribution >= 4 is 5.97 Å². The molecule has 1 aromatic heterocycles. The molecule has 1 N–H and O–H groups in total. The second-order valence-corrected chi connectivity index (χ2v) is 5.25. The smallest absolute Gasteiger partial charge is 0.310 e. The van der Waals surface area contributed by atoms with Gasteiger partial charge in [-0.05, 0) is 25.8 Å². The topological polar surface area (TPSA) is 58.4 Å². The van der Waals surface area contributed by atoms with Crippen LogP contribution in [-0.2, 0) is 18.4 Å². The Morgan fingerprint density at radius 3 is 2.94 bits per heavy atom. The van der Waals surface area contributed by atoms with Crippen molar-refractivity contribution in [2.75, 3.05) is 13.1 Å². The number of piperidine rings is 1. The first-order valence-corrected chi connectivity index (χ1v) is 6.48. The number of carbonyl (C=O) groups is 1. The first-order chi connectivity index (χ1) is 8.57. The monoisotopic (exact) mass is 251 g/mol. The van der Waals surface area contributed by atoms with Crippen molar-refractivity contribution in [3.05, 3.63) is 18.2 Å². The van der Waals surface area contributed by atoms with E-state index in [1.165, 1.54) is 0 Å². The summed E-state index contributed by atoms with van der Waals surface area (Å²) in [6, 6.07) is 0. The molecule has 0 aromatic carbocycles. The lowest BCUT2D eigenvalue weighted by Gasteiger charge is -2.39. The highest BCUT2D eigenvalue weighted by molar-refractivity contribution is 5.75. The van der Waals surface area contributed by atoms with Crippen LogP contribution in [0.15, 0.2) is 12.5 Å². The number of aryl methyl sites for hydroxylation is 1. The minimum absolute atomic E-state index is 0.559. The van der Waals surface area contributed by atoms with E-state index >= 15 is 0 Å². The Bertz CT molecular complexity index is 430. The number of carboxylic acid groups (broad SMARTS) is 1. The van der Waals surface area contributed by atoms with E-state index in [0.29, 0.717) is 13.0 Å². The first-order valence-electron chi connectivity index (χ1n) is 6.48. The van der Waals surface area contributed by atoms with Crippen LogP contribution in [0, 0.1) is 5.41 Å². The molecule has 0 radical (unpaired) electrons. The van der Waals surface area contributed by atoms with Crippen molar-refractivity contribution in [3.63, 3.8) is 0 Å². The Kier molecular flexibility index (Phi) is 3.71. The number of carboxylic acids is 1. The molecule has 0 unspecified atom stereocenters. The maximum Gasteiger partial charge on any atom is 0.310 e. The SMILES string of the molecule is CC[C@]1(C(=O)O)CCCN(Cc2cncn2C)C1. The Labute approximate surface area is 107 Å². The quantitative estimate of drug-likeness (QED) is 0.881. The van der Waals surface area contributed by atoms with Gasteiger partial charge in [-0.2, -0.15) is 0 Å². The Morgan fingerprint density at radius 1 is 1.61 bits per heavy atom. The van der Waals surface area contributed by atoms with E-state index in [1.807, 2.05) is 24.7 Å². The van der Waals surface area contributed by atoms with Crippen LogP contribution in [0.25, 0.3) is 0 Å². The van der Waals surface area contributed by atoms with Gasteiger partial charge in [0.2, 0.25) is 0 Å². The van der Waals surface area contributed by atoms with Crippen LogP contribution in [0.3, 0.4) is 0 Å².